The maximum absolute atomic E-state index is 5.42. The average molecular weight is 293 g/mol. The number of nitrogens with zero attached hydrogens (tertiary/aromatic N) is 2. The molecule has 108 valence electrons. The van der Waals surface area contributed by atoms with Gasteiger partial charge in [-0.05, 0) is 12.1 Å². The Labute approximate surface area is 123 Å². The number of hydrogen-bond acceptors (Lipinski definition) is 6. The van der Waals surface area contributed by atoms with E-state index in [4.69, 9.17) is 9.47 Å². The van der Waals surface area contributed by atoms with E-state index in [0.29, 0.717) is 0 Å². The smallest absolute Gasteiger partial charge is 0.131 e. The second-order valence-electron chi connectivity index (χ2n) is 4.41. The normalized spacial score (nSPS) is 10.8. The van der Waals surface area contributed by atoms with Gasteiger partial charge >= 0.3 is 0 Å². The molecule has 0 aliphatic heterocycles. The van der Waals surface area contributed by atoms with Crippen molar-refractivity contribution in [1.29, 1.82) is 0 Å². The highest BCUT2D eigenvalue weighted by atomic mass is 32.1. The molecular formula is C14H19N3O2S. The van der Waals surface area contributed by atoms with Crippen molar-refractivity contribution >= 4 is 11.3 Å². The van der Waals surface area contributed by atoms with Crippen LogP contribution in [0.25, 0.3) is 10.4 Å². The molecule has 0 unspecified atom stereocenters. The molecule has 1 N–H and O–H groups in total. The number of methoxy groups -OCH3 is 2. The zero-order valence-electron chi connectivity index (χ0n) is 12.1. The molecule has 0 spiro atoms. The number of ether oxygens (including phenoxy) is 2. The van der Waals surface area contributed by atoms with E-state index in [-0.39, 0.29) is 0 Å². The van der Waals surface area contributed by atoms with Gasteiger partial charge in [0.05, 0.1) is 25.6 Å². The lowest BCUT2D eigenvalue weighted by Crippen LogP contribution is -2.29. The van der Waals surface area contributed by atoms with E-state index >= 15 is 0 Å². The number of nitrogens with one attached hydrogen (secondary N) is 1. The molecule has 0 aliphatic carbocycles. The fourth-order valence-corrected chi connectivity index (χ4v) is 2.62. The molecule has 1 aromatic heterocycles. The first kappa shape index (κ1) is 14.8. The van der Waals surface area contributed by atoms with Gasteiger partial charge in [-0.3, -0.25) is 5.01 Å². The van der Waals surface area contributed by atoms with Crippen LogP contribution in [-0.2, 0) is 6.54 Å². The molecule has 0 amide bonds. The highest BCUT2D eigenvalue weighted by Crippen LogP contribution is 2.36. The summed E-state index contributed by atoms with van der Waals surface area (Å²) in [6, 6.07) is 5.80. The Morgan fingerprint density at radius 1 is 1.25 bits per heavy atom. The summed E-state index contributed by atoms with van der Waals surface area (Å²) in [5.74, 6) is 1.57. The van der Waals surface area contributed by atoms with E-state index in [1.807, 2.05) is 43.5 Å². The zero-order chi connectivity index (χ0) is 14.5. The number of hydrazine groups is 1. The Kier molecular flexibility index (Phi) is 4.94. The molecule has 1 heterocycles. The van der Waals surface area contributed by atoms with E-state index in [0.717, 1.165) is 33.5 Å². The first-order valence-corrected chi connectivity index (χ1v) is 7.03. The fourth-order valence-electron chi connectivity index (χ4n) is 1.74. The predicted octanol–water partition coefficient (Wildman–Crippen LogP) is 2.39. The van der Waals surface area contributed by atoms with Gasteiger partial charge in [0.1, 0.15) is 16.5 Å². The van der Waals surface area contributed by atoms with Gasteiger partial charge in [-0.15, -0.1) is 11.3 Å². The highest BCUT2D eigenvalue weighted by molar-refractivity contribution is 7.15. The van der Waals surface area contributed by atoms with Crippen LogP contribution in [0.1, 0.15) is 5.01 Å². The zero-order valence-corrected chi connectivity index (χ0v) is 13.0. The molecule has 2 aromatic rings. The van der Waals surface area contributed by atoms with E-state index in [1.165, 1.54) is 0 Å². The summed E-state index contributed by atoms with van der Waals surface area (Å²) in [5.41, 5.74) is 4.23. The average Bonchev–Trinajstić information content (AvgIpc) is 2.93. The Balaban J connectivity index is 2.23. The molecule has 0 aliphatic rings. The summed E-state index contributed by atoms with van der Waals surface area (Å²) in [6.07, 6.45) is 1.88. The van der Waals surface area contributed by atoms with Crippen molar-refractivity contribution in [2.75, 3.05) is 28.3 Å². The number of aromatic nitrogens is 1. The molecule has 0 radical (unpaired) electrons. The van der Waals surface area contributed by atoms with Crippen LogP contribution in [0, 0.1) is 0 Å². The lowest BCUT2D eigenvalue weighted by Gasteiger charge is -2.09. The topological polar surface area (TPSA) is 46.6 Å². The van der Waals surface area contributed by atoms with Crippen LogP contribution >= 0.6 is 11.3 Å². The lowest BCUT2D eigenvalue weighted by molar-refractivity contribution is 0.286. The van der Waals surface area contributed by atoms with Crippen LogP contribution in [0.2, 0.25) is 0 Å². The number of thiazole rings is 1. The van der Waals surface area contributed by atoms with Gasteiger partial charge in [0.25, 0.3) is 0 Å². The van der Waals surface area contributed by atoms with E-state index in [9.17, 15) is 0 Å². The molecular weight excluding hydrogens is 274 g/mol. The summed E-state index contributed by atoms with van der Waals surface area (Å²) < 4.78 is 10.6. The van der Waals surface area contributed by atoms with Crippen LogP contribution < -0.4 is 14.9 Å². The molecule has 6 heteroatoms. The Bertz CT molecular complexity index is 569. The van der Waals surface area contributed by atoms with Crippen molar-refractivity contribution in [3.8, 4) is 21.9 Å². The van der Waals surface area contributed by atoms with E-state index in [1.54, 1.807) is 25.6 Å². The molecule has 0 fully saturated rings. The maximum Gasteiger partial charge on any atom is 0.131 e. The molecule has 5 nitrogen and oxygen atoms in total. The van der Waals surface area contributed by atoms with Crippen LogP contribution in [0.5, 0.6) is 11.5 Å². The van der Waals surface area contributed by atoms with Gasteiger partial charge in [0.15, 0.2) is 0 Å². The van der Waals surface area contributed by atoms with E-state index in [2.05, 4.69) is 10.4 Å². The second kappa shape index (κ2) is 6.69. The number of rotatable bonds is 6. The quantitative estimate of drug-likeness (QED) is 0.829. The SMILES string of the molecule is COc1ccc(-c2cnc(CNN(C)C)s2)c(OC)c1. The van der Waals surface area contributed by atoms with Gasteiger partial charge in [0, 0.05) is 31.9 Å². The second-order valence-corrected chi connectivity index (χ2v) is 5.53. The van der Waals surface area contributed by atoms with Gasteiger partial charge in [-0.2, -0.15) is 0 Å². The number of hydrogen-bond donors (Lipinski definition) is 1. The largest absolute Gasteiger partial charge is 0.497 e. The Morgan fingerprint density at radius 2 is 2.05 bits per heavy atom. The van der Waals surface area contributed by atoms with Crippen molar-refractivity contribution < 1.29 is 9.47 Å². The first-order valence-electron chi connectivity index (χ1n) is 6.22. The summed E-state index contributed by atoms with van der Waals surface area (Å²) in [5, 5.41) is 2.95. The van der Waals surface area contributed by atoms with Crippen molar-refractivity contribution in [3.05, 3.63) is 29.4 Å². The first-order chi connectivity index (χ1) is 9.63. The molecule has 0 bridgehead atoms. The van der Waals surface area contributed by atoms with Crippen LogP contribution in [-0.4, -0.2) is 38.3 Å². The van der Waals surface area contributed by atoms with Crippen LogP contribution in [0.4, 0.5) is 0 Å². The Hall–Kier alpha value is -1.63. The molecule has 0 saturated heterocycles. The van der Waals surface area contributed by atoms with Gasteiger partial charge in [-0.25, -0.2) is 10.4 Å². The molecule has 1 aromatic carbocycles. The minimum atomic E-state index is 0.718. The third-order valence-corrected chi connectivity index (χ3v) is 3.80. The summed E-state index contributed by atoms with van der Waals surface area (Å²) in [4.78, 5) is 5.51. The van der Waals surface area contributed by atoms with Crippen molar-refractivity contribution in [1.82, 2.24) is 15.4 Å². The summed E-state index contributed by atoms with van der Waals surface area (Å²) in [7, 11) is 7.22. The highest BCUT2D eigenvalue weighted by Gasteiger charge is 2.11. The lowest BCUT2D eigenvalue weighted by atomic mass is 10.1. The predicted molar refractivity (Wildman–Crippen MR) is 81.2 cm³/mol. The minimum Gasteiger partial charge on any atom is -0.497 e. The van der Waals surface area contributed by atoms with Gasteiger partial charge < -0.3 is 9.47 Å². The maximum atomic E-state index is 5.42. The van der Waals surface area contributed by atoms with Gasteiger partial charge in [0.2, 0.25) is 0 Å². The molecule has 2 rings (SSSR count). The van der Waals surface area contributed by atoms with Crippen molar-refractivity contribution in [2.24, 2.45) is 0 Å². The fraction of sp³-hybridized carbons (Fsp3) is 0.357. The monoisotopic (exact) mass is 293 g/mol. The molecule has 0 atom stereocenters. The molecule has 0 saturated carbocycles. The Morgan fingerprint density at radius 3 is 2.70 bits per heavy atom. The summed E-state index contributed by atoms with van der Waals surface area (Å²) >= 11 is 1.65. The third kappa shape index (κ3) is 3.47. The standard InChI is InChI=1S/C14H19N3O2S/c1-17(2)16-9-14-15-8-13(20-14)11-6-5-10(18-3)7-12(11)19-4/h5-8,16H,9H2,1-4H3. The van der Waals surface area contributed by atoms with Gasteiger partial charge in [-0.1, -0.05) is 0 Å². The number of benzene rings is 1. The molecule has 20 heavy (non-hydrogen) atoms. The van der Waals surface area contributed by atoms with E-state index < -0.39 is 0 Å². The van der Waals surface area contributed by atoms with Crippen molar-refractivity contribution in [2.45, 2.75) is 6.54 Å². The third-order valence-electron chi connectivity index (χ3n) is 2.77. The minimum absolute atomic E-state index is 0.718. The summed E-state index contributed by atoms with van der Waals surface area (Å²) in [6.45, 7) is 0.718. The van der Waals surface area contributed by atoms with Crippen LogP contribution in [0.15, 0.2) is 24.4 Å². The van der Waals surface area contributed by atoms with Crippen LogP contribution in [0.3, 0.4) is 0 Å². The van der Waals surface area contributed by atoms with Crippen molar-refractivity contribution in [3.63, 3.8) is 0 Å².